The number of amides is 2. The van der Waals surface area contributed by atoms with Crippen molar-refractivity contribution < 1.29 is 29.3 Å². The quantitative estimate of drug-likeness (QED) is 0.268. The Hall–Kier alpha value is -2.48. The van der Waals surface area contributed by atoms with E-state index >= 15 is 0 Å². The zero-order valence-electron chi connectivity index (χ0n) is 23.4. The zero-order valence-corrected chi connectivity index (χ0v) is 23.4. The number of aliphatic hydroxyl groups excluding tert-OH is 1. The number of carbonyl (C=O) groups excluding carboxylic acids is 2. The summed E-state index contributed by atoms with van der Waals surface area (Å²) in [6.45, 7) is 14.0. The van der Waals surface area contributed by atoms with Gasteiger partial charge in [0, 0.05) is 12.5 Å². The number of methoxy groups -OCH3 is 1. The van der Waals surface area contributed by atoms with Gasteiger partial charge in [-0.25, -0.2) is 4.79 Å². The molecule has 1 aromatic carbocycles. The summed E-state index contributed by atoms with van der Waals surface area (Å²) in [5.74, 6) is 0.236. The Labute approximate surface area is 217 Å². The van der Waals surface area contributed by atoms with Crippen molar-refractivity contribution in [2.24, 2.45) is 17.8 Å². The first-order valence-corrected chi connectivity index (χ1v) is 13.1. The summed E-state index contributed by atoms with van der Waals surface area (Å²) < 4.78 is 10.9. The second-order valence-corrected chi connectivity index (χ2v) is 11.0. The van der Waals surface area contributed by atoms with Gasteiger partial charge in [0.05, 0.1) is 19.3 Å². The molecule has 2 amide bonds. The van der Waals surface area contributed by atoms with Crippen molar-refractivity contribution >= 4 is 12.0 Å². The molecule has 0 fully saturated rings. The number of carbonyl (C=O) groups is 2. The number of aliphatic hydroxyl groups is 1. The highest BCUT2D eigenvalue weighted by atomic mass is 16.6. The second kappa shape index (κ2) is 14.9. The summed E-state index contributed by atoms with van der Waals surface area (Å²) in [7, 11) is 1.52. The molecule has 0 aromatic heterocycles. The lowest BCUT2D eigenvalue weighted by Gasteiger charge is -2.32. The lowest BCUT2D eigenvalue weighted by molar-refractivity contribution is -0.125. The predicted molar refractivity (Wildman–Crippen MR) is 142 cm³/mol. The van der Waals surface area contributed by atoms with E-state index < -0.39 is 29.8 Å². The molecule has 0 spiro atoms. The Balaban J connectivity index is 3.09. The van der Waals surface area contributed by atoms with Gasteiger partial charge in [0.15, 0.2) is 11.5 Å². The number of benzene rings is 1. The van der Waals surface area contributed by atoms with Crippen LogP contribution in [0, 0.1) is 17.8 Å². The van der Waals surface area contributed by atoms with Gasteiger partial charge < -0.3 is 30.3 Å². The van der Waals surface area contributed by atoms with Crippen molar-refractivity contribution in [3.63, 3.8) is 0 Å². The van der Waals surface area contributed by atoms with Crippen LogP contribution in [-0.4, -0.2) is 53.6 Å². The second-order valence-electron chi connectivity index (χ2n) is 11.0. The van der Waals surface area contributed by atoms with Gasteiger partial charge in [0.1, 0.15) is 5.60 Å². The molecule has 8 nitrogen and oxygen atoms in total. The Morgan fingerprint density at radius 3 is 2.33 bits per heavy atom. The number of phenolic OH excluding ortho intramolecular Hbond substituents is 1. The fourth-order valence-corrected chi connectivity index (χ4v) is 4.13. The number of phenols is 1. The van der Waals surface area contributed by atoms with Crippen LogP contribution in [0.3, 0.4) is 0 Å². The fraction of sp³-hybridized carbons (Fsp3) is 0.714. The topological polar surface area (TPSA) is 117 Å². The molecule has 0 saturated heterocycles. The molecule has 0 aliphatic heterocycles. The maximum absolute atomic E-state index is 12.6. The highest BCUT2D eigenvalue weighted by Gasteiger charge is 2.31. The first-order chi connectivity index (χ1) is 16.8. The van der Waals surface area contributed by atoms with E-state index in [2.05, 4.69) is 31.4 Å². The Morgan fingerprint density at radius 1 is 1.11 bits per heavy atom. The van der Waals surface area contributed by atoms with Crippen molar-refractivity contribution in [2.45, 2.75) is 98.3 Å². The lowest BCUT2D eigenvalue weighted by Crippen LogP contribution is -2.48. The van der Waals surface area contributed by atoms with Gasteiger partial charge in [0.25, 0.3) is 0 Å². The van der Waals surface area contributed by atoms with Gasteiger partial charge in [-0.05, 0) is 69.9 Å². The average Bonchev–Trinajstić information content (AvgIpc) is 2.76. The largest absolute Gasteiger partial charge is 0.504 e. The third-order valence-corrected chi connectivity index (χ3v) is 6.30. The van der Waals surface area contributed by atoms with Gasteiger partial charge in [-0.3, -0.25) is 4.79 Å². The third-order valence-electron chi connectivity index (χ3n) is 6.30. The summed E-state index contributed by atoms with van der Waals surface area (Å²) in [6.07, 6.45) is 1.58. The summed E-state index contributed by atoms with van der Waals surface area (Å²) in [5, 5.41) is 27.1. The monoisotopic (exact) mass is 508 g/mol. The SMILES string of the molecule is CCCCNC(=O)[C@H](C)C[C@H](O)[C@H](C[C@H](Cc1cccc(O)c1OC)C(C)C)NC(=O)OC(C)(C)C. The Kier molecular flexibility index (Phi) is 13.1. The molecule has 0 aliphatic carbocycles. The van der Waals surface area contributed by atoms with Gasteiger partial charge >= 0.3 is 6.09 Å². The minimum absolute atomic E-state index is 0.0453. The van der Waals surface area contributed by atoms with Crippen molar-refractivity contribution in [1.82, 2.24) is 10.6 Å². The Morgan fingerprint density at radius 2 is 1.78 bits per heavy atom. The van der Waals surface area contributed by atoms with Crippen molar-refractivity contribution in [3.05, 3.63) is 23.8 Å². The molecule has 1 aromatic rings. The molecular formula is C28H48N2O6. The predicted octanol–water partition coefficient (Wildman–Crippen LogP) is 4.80. The highest BCUT2D eigenvalue weighted by molar-refractivity contribution is 5.78. The van der Waals surface area contributed by atoms with Crippen LogP contribution in [0.15, 0.2) is 18.2 Å². The van der Waals surface area contributed by atoms with Crippen molar-refractivity contribution in [1.29, 1.82) is 0 Å². The number of aromatic hydroxyl groups is 1. The van der Waals surface area contributed by atoms with E-state index in [0.717, 1.165) is 18.4 Å². The molecule has 36 heavy (non-hydrogen) atoms. The first-order valence-electron chi connectivity index (χ1n) is 13.1. The molecule has 4 N–H and O–H groups in total. The van der Waals surface area contributed by atoms with E-state index in [0.29, 0.717) is 25.1 Å². The number of nitrogens with one attached hydrogen (secondary N) is 2. The van der Waals surface area contributed by atoms with Crippen LogP contribution in [0.4, 0.5) is 4.79 Å². The summed E-state index contributed by atoms with van der Waals surface area (Å²) >= 11 is 0. The molecule has 0 bridgehead atoms. The van der Waals surface area contributed by atoms with E-state index in [9.17, 15) is 19.8 Å². The molecule has 8 heteroatoms. The van der Waals surface area contributed by atoms with Crippen LogP contribution < -0.4 is 15.4 Å². The van der Waals surface area contributed by atoms with Crippen LogP contribution in [-0.2, 0) is 16.0 Å². The summed E-state index contributed by atoms with van der Waals surface area (Å²) in [6, 6.07) is 4.63. The number of hydrogen-bond donors (Lipinski definition) is 4. The minimum atomic E-state index is -0.947. The number of ether oxygens (including phenoxy) is 2. The highest BCUT2D eigenvalue weighted by Crippen LogP contribution is 2.34. The maximum atomic E-state index is 12.6. The normalized spacial score (nSPS) is 15.1. The number of para-hydroxylation sites is 1. The van der Waals surface area contributed by atoms with Crippen LogP contribution in [0.25, 0.3) is 0 Å². The molecule has 0 unspecified atom stereocenters. The molecule has 1 rings (SSSR count). The number of unbranched alkanes of at least 4 members (excludes halogenated alkanes) is 1. The van der Waals surface area contributed by atoms with E-state index in [1.165, 1.54) is 7.11 Å². The van der Waals surface area contributed by atoms with E-state index in [-0.39, 0.29) is 29.9 Å². The molecule has 0 radical (unpaired) electrons. The van der Waals surface area contributed by atoms with Gasteiger partial charge in [-0.2, -0.15) is 0 Å². The smallest absolute Gasteiger partial charge is 0.407 e. The number of hydrogen-bond acceptors (Lipinski definition) is 6. The molecular weight excluding hydrogens is 460 g/mol. The van der Waals surface area contributed by atoms with Gasteiger partial charge in [-0.1, -0.05) is 46.2 Å². The molecule has 4 atom stereocenters. The third kappa shape index (κ3) is 11.1. The van der Waals surface area contributed by atoms with E-state index in [1.807, 2.05) is 6.07 Å². The van der Waals surface area contributed by atoms with Crippen LogP contribution >= 0.6 is 0 Å². The number of rotatable bonds is 14. The first kappa shape index (κ1) is 31.5. The fourth-order valence-electron chi connectivity index (χ4n) is 4.13. The molecule has 0 heterocycles. The van der Waals surface area contributed by atoms with Crippen molar-refractivity contribution in [3.8, 4) is 11.5 Å². The Bertz CT molecular complexity index is 821. The molecule has 0 aliphatic rings. The molecule has 0 saturated carbocycles. The standard InChI is InChI=1S/C28H48N2O6/c1-9-10-14-29-26(33)19(4)15-24(32)22(30-27(34)36-28(5,6)7)17-21(18(2)3)16-20-12-11-13-23(31)25(20)35-8/h11-13,18-19,21-22,24,31-32H,9-10,14-17H2,1-8H3,(H,29,33)(H,30,34)/t19-,21+,22+,24+/m1/s1. The average molecular weight is 509 g/mol. The summed E-state index contributed by atoms with van der Waals surface area (Å²) in [4.78, 5) is 25.1. The lowest BCUT2D eigenvalue weighted by atomic mass is 9.81. The molecule has 206 valence electrons. The van der Waals surface area contributed by atoms with E-state index in [4.69, 9.17) is 9.47 Å². The maximum Gasteiger partial charge on any atom is 0.407 e. The zero-order chi connectivity index (χ0) is 27.5. The van der Waals surface area contributed by atoms with Crippen LogP contribution in [0.1, 0.15) is 79.7 Å². The summed E-state index contributed by atoms with van der Waals surface area (Å²) in [5.41, 5.74) is 0.170. The van der Waals surface area contributed by atoms with Crippen LogP contribution in [0.2, 0.25) is 0 Å². The number of alkyl carbamates (subject to hydrolysis) is 1. The van der Waals surface area contributed by atoms with Gasteiger partial charge in [-0.15, -0.1) is 0 Å². The van der Waals surface area contributed by atoms with Crippen molar-refractivity contribution in [2.75, 3.05) is 13.7 Å². The minimum Gasteiger partial charge on any atom is -0.504 e. The van der Waals surface area contributed by atoms with Crippen LogP contribution in [0.5, 0.6) is 11.5 Å². The van der Waals surface area contributed by atoms with E-state index in [1.54, 1.807) is 39.8 Å². The van der Waals surface area contributed by atoms with Gasteiger partial charge in [0.2, 0.25) is 5.91 Å².